The molecule has 1 aliphatic heterocycles. The van der Waals surface area contributed by atoms with Gasteiger partial charge in [0.05, 0.1) is 12.4 Å². The summed E-state index contributed by atoms with van der Waals surface area (Å²) in [4.78, 5) is 27.1. The lowest BCUT2D eigenvalue weighted by atomic mass is 10.1. The SMILES string of the molecule is CCOc1cccc(NC(=O)c2ccc([C@H]3SCC(=O)N3CCc3ccccc3)cc2)c1. The van der Waals surface area contributed by atoms with Crippen LogP contribution in [0.1, 0.15) is 33.8 Å². The quantitative estimate of drug-likeness (QED) is 0.520. The van der Waals surface area contributed by atoms with E-state index in [1.54, 1.807) is 17.8 Å². The van der Waals surface area contributed by atoms with Crippen molar-refractivity contribution < 1.29 is 14.3 Å². The Balaban J connectivity index is 1.41. The summed E-state index contributed by atoms with van der Waals surface area (Å²) in [6.45, 7) is 3.17. The molecular weight excluding hydrogens is 420 g/mol. The Morgan fingerprint density at radius 3 is 2.59 bits per heavy atom. The van der Waals surface area contributed by atoms with E-state index in [2.05, 4.69) is 17.4 Å². The van der Waals surface area contributed by atoms with Crippen LogP contribution in [0.2, 0.25) is 0 Å². The largest absolute Gasteiger partial charge is 0.494 e. The zero-order valence-electron chi connectivity index (χ0n) is 18.0. The van der Waals surface area contributed by atoms with Crippen LogP contribution in [-0.2, 0) is 11.2 Å². The molecule has 4 rings (SSSR count). The zero-order valence-corrected chi connectivity index (χ0v) is 18.8. The average Bonchev–Trinajstić information content (AvgIpc) is 3.19. The first kappa shape index (κ1) is 22.0. The molecule has 2 amide bonds. The second kappa shape index (κ2) is 10.4. The number of anilines is 1. The van der Waals surface area contributed by atoms with Gasteiger partial charge < -0.3 is 15.0 Å². The molecule has 0 bridgehead atoms. The van der Waals surface area contributed by atoms with E-state index >= 15 is 0 Å². The van der Waals surface area contributed by atoms with Gasteiger partial charge in [-0.05, 0) is 48.7 Å². The highest BCUT2D eigenvalue weighted by Crippen LogP contribution is 2.38. The lowest BCUT2D eigenvalue weighted by Crippen LogP contribution is -2.30. The summed E-state index contributed by atoms with van der Waals surface area (Å²) in [5.41, 5.74) is 3.51. The third kappa shape index (κ3) is 5.32. The molecule has 1 saturated heterocycles. The fourth-order valence-electron chi connectivity index (χ4n) is 3.70. The molecule has 1 N–H and O–H groups in total. The summed E-state index contributed by atoms with van der Waals surface area (Å²) >= 11 is 1.63. The number of carbonyl (C=O) groups is 2. The highest BCUT2D eigenvalue weighted by atomic mass is 32.2. The molecular formula is C26H26N2O3S. The monoisotopic (exact) mass is 446 g/mol. The fourth-order valence-corrected chi connectivity index (χ4v) is 4.92. The van der Waals surface area contributed by atoms with E-state index in [4.69, 9.17) is 4.74 Å². The van der Waals surface area contributed by atoms with Crippen LogP contribution in [-0.4, -0.2) is 35.6 Å². The van der Waals surface area contributed by atoms with Gasteiger partial charge >= 0.3 is 0 Å². The standard InChI is InChI=1S/C26H26N2O3S/c1-2-31-23-10-6-9-22(17-23)27-25(30)20-11-13-21(14-12-20)26-28(24(29)18-32-26)16-15-19-7-4-3-5-8-19/h3-14,17,26H,2,15-16,18H2,1H3,(H,27,30)/t26-/m1/s1. The maximum atomic E-state index is 12.7. The molecule has 0 aliphatic carbocycles. The lowest BCUT2D eigenvalue weighted by molar-refractivity contribution is -0.128. The van der Waals surface area contributed by atoms with E-state index < -0.39 is 0 Å². The summed E-state index contributed by atoms with van der Waals surface area (Å²) in [5.74, 6) is 1.19. The van der Waals surface area contributed by atoms with Crippen LogP contribution >= 0.6 is 11.8 Å². The summed E-state index contributed by atoms with van der Waals surface area (Å²) in [6, 6.07) is 25.1. The van der Waals surface area contributed by atoms with Gasteiger partial charge in [0.25, 0.3) is 5.91 Å². The Hall–Kier alpha value is -3.25. The number of benzene rings is 3. The first-order valence-corrected chi connectivity index (χ1v) is 11.8. The second-order valence-electron chi connectivity index (χ2n) is 7.52. The zero-order chi connectivity index (χ0) is 22.3. The molecule has 3 aromatic carbocycles. The van der Waals surface area contributed by atoms with Crippen molar-refractivity contribution in [2.24, 2.45) is 0 Å². The number of ether oxygens (including phenoxy) is 1. The van der Waals surface area contributed by atoms with Crippen LogP contribution in [0.4, 0.5) is 5.69 Å². The smallest absolute Gasteiger partial charge is 0.255 e. The van der Waals surface area contributed by atoms with Crippen molar-refractivity contribution in [2.45, 2.75) is 18.7 Å². The van der Waals surface area contributed by atoms with Crippen molar-refractivity contribution in [1.82, 2.24) is 4.90 Å². The van der Waals surface area contributed by atoms with Crippen LogP contribution in [0.15, 0.2) is 78.9 Å². The maximum Gasteiger partial charge on any atom is 0.255 e. The van der Waals surface area contributed by atoms with Crippen LogP contribution in [0.5, 0.6) is 5.75 Å². The van der Waals surface area contributed by atoms with Gasteiger partial charge in [-0.25, -0.2) is 0 Å². The minimum Gasteiger partial charge on any atom is -0.494 e. The van der Waals surface area contributed by atoms with Gasteiger partial charge in [0.2, 0.25) is 5.91 Å². The third-order valence-electron chi connectivity index (χ3n) is 5.31. The van der Waals surface area contributed by atoms with Gasteiger partial charge in [0.1, 0.15) is 11.1 Å². The highest BCUT2D eigenvalue weighted by Gasteiger charge is 2.32. The summed E-state index contributed by atoms with van der Waals surface area (Å²) < 4.78 is 5.49. The Bertz CT molecular complexity index is 1070. The predicted molar refractivity (Wildman–Crippen MR) is 129 cm³/mol. The molecule has 32 heavy (non-hydrogen) atoms. The van der Waals surface area contributed by atoms with E-state index in [0.717, 1.165) is 17.7 Å². The number of nitrogens with one attached hydrogen (secondary N) is 1. The van der Waals surface area contributed by atoms with E-state index in [9.17, 15) is 9.59 Å². The van der Waals surface area contributed by atoms with Crippen molar-refractivity contribution in [2.75, 3.05) is 24.2 Å². The van der Waals surface area contributed by atoms with Gasteiger partial charge in [-0.15, -0.1) is 11.8 Å². The molecule has 0 unspecified atom stereocenters. The number of carbonyl (C=O) groups excluding carboxylic acids is 2. The Labute approximate surface area is 192 Å². The average molecular weight is 447 g/mol. The molecule has 1 heterocycles. The molecule has 6 heteroatoms. The Morgan fingerprint density at radius 2 is 1.84 bits per heavy atom. The predicted octanol–water partition coefficient (Wildman–Crippen LogP) is 5.15. The molecule has 0 radical (unpaired) electrons. The minimum absolute atomic E-state index is 0.0220. The summed E-state index contributed by atoms with van der Waals surface area (Å²) in [6.07, 6.45) is 0.824. The molecule has 1 aliphatic rings. The first-order valence-electron chi connectivity index (χ1n) is 10.7. The number of hydrogen-bond acceptors (Lipinski definition) is 4. The molecule has 1 fully saturated rings. The molecule has 0 spiro atoms. The number of nitrogens with zero attached hydrogens (tertiary/aromatic N) is 1. The van der Waals surface area contributed by atoms with Crippen LogP contribution < -0.4 is 10.1 Å². The van der Waals surface area contributed by atoms with Crippen molar-refractivity contribution in [3.63, 3.8) is 0 Å². The Morgan fingerprint density at radius 1 is 1.06 bits per heavy atom. The first-order chi connectivity index (χ1) is 15.6. The maximum absolute atomic E-state index is 12.7. The topological polar surface area (TPSA) is 58.6 Å². The number of hydrogen-bond donors (Lipinski definition) is 1. The van der Waals surface area contributed by atoms with Crippen LogP contribution in [0.25, 0.3) is 0 Å². The normalized spacial score (nSPS) is 15.6. The van der Waals surface area contributed by atoms with E-state index in [1.165, 1.54) is 5.56 Å². The van der Waals surface area contributed by atoms with Gasteiger partial charge in [-0.2, -0.15) is 0 Å². The van der Waals surface area contributed by atoms with Crippen molar-refractivity contribution >= 4 is 29.3 Å². The number of rotatable bonds is 8. The number of thioether (sulfide) groups is 1. The highest BCUT2D eigenvalue weighted by molar-refractivity contribution is 8.00. The molecule has 1 atom stereocenters. The summed E-state index contributed by atoms with van der Waals surface area (Å²) in [5, 5.41) is 2.89. The Kier molecular flexibility index (Phi) is 7.12. The molecule has 0 saturated carbocycles. The summed E-state index contributed by atoms with van der Waals surface area (Å²) in [7, 11) is 0. The van der Waals surface area contributed by atoms with Gasteiger partial charge in [-0.1, -0.05) is 48.5 Å². The molecule has 3 aromatic rings. The molecule has 0 aromatic heterocycles. The fraction of sp³-hybridized carbons (Fsp3) is 0.231. The lowest BCUT2D eigenvalue weighted by Gasteiger charge is -2.24. The van der Waals surface area contributed by atoms with E-state index in [1.807, 2.05) is 72.5 Å². The van der Waals surface area contributed by atoms with Gasteiger partial charge in [-0.3, -0.25) is 9.59 Å². The molecule has 164 valence electrons. The van der Waals surface area contributed by atoms with Crippen LogP contribution in [0, 0.1) is 0 Å². The minimum atomic E-state index is -0.179. The van der Waals surface area contributed by atoms with Crippen molar-refractivity contribution in [1.29, 1.82) is 0 Å². The van der Waals surface area contributed by atoms with E-state index in [0.29, 0.717) is 30.2 Å². The van der Waals surface area contributed by atoms with Gasteiger partial charge in [0.15, 0.2) is 0 Å². The third-order valence-corrected chi connectivity index (χ3v) is 6.57. The molecule has 5 nitrogen and oxygen atoms in total. The van der Waals surface area contributed by atoms with E-state index in [-0.39, 0.29) is 17.2 Å². The van der Waals surface area contributed by atoms with Crippen LogP contribution in [0.3, 0.4) is 0 Å². The van der Waals surface area contributed by atoms with Crippen molar-refractivity contribution in [3.05, 3.63) is 95.6 Å². The number of amides is 2. The van der Waals surface area contributed by atoms with Gasteiger partial charge in [0, 0.05) is 23.9 Å². The second-order valence-corrected chi connectivity index (χ2v) is 8.59. The van der Waals surface area contributed by atoms with Crippen molar-refractivity contribution in [3.8, 4) is 5.75 Å².